The summed E-state index contributed by atoms with van der Waals surface area (Å²) in [7, 11) is 0. The molecule has 0 saturated heterocycles. The van der Waals surface area contributed by atoms with E-state index in [-0.39, 0.29) is 0 Å². The number of aromatic nitrogens is 4. The third-order valence-electron chi connectivity index (χ3n) is 2.27. The molecule has 2 aromatic heterocycles. The summed E-state index contributed by atoms with van der Waals surface area (Å²) < 4.78 is 0.451. The Morgan fingerprint density at radius 1 is 1.31 bits per heavy atom. The molecule has 0 saturated carbocycles. The topological polar surface area (TPSA) is 60.6 Å². The van der Waals surface area contributed by atoms with E-state index in [9.17, 15) is 0 Å². The van der Waals surface area contributed by atoms with Crippen LogP contribution in [0.4, 0.5) is 5.13 Å². The molecule has 0 radical (unpaired) electrons. The first-order valence-corrected chi connectivity index (χ1v) is 6.39. The van der Waals surface area contributed by atoms with Crippen LogP contribution in [-0.4, -0.2) is 33.3 Å². The summed E-state index contributed by atoms with van der Waals surface area (Å²) in [6.45, 7) is 6.15. The van der Waals surface area contributed by atoms with Gasteiger partial charge < -0.3 is 4.90 Å². The van der Waals surface area contributed by atoms with Crippen LogP contribution in [0.3, 0.4) is 0 Å². The van der Waals surface area contributed by atoms with E-state index in [4.69, 9.17) is 12.2 Å². The smallest absolute Gasteiger partial charge is 0.213 e. The minimum atomic E-state index is 0.451. The summed E-state index contributed by atoms with van der Waals surface area (Å²) >= 11 is 6.52. The molecule has 2 N–H and O–H groups in total. The number of thiazole rings is 1. The summed E-state index contributed by atoms with van der Waals surface area (Å²) in [5, 5.41) is 8.66. The number of nitrogens with zero attached hydrogens (tertiary/aromatic N) is 3. The highest BCUT2D eigenvalue weighted by Gasteiger charge is 2.10. The fourth-order valence-electron chi connectivity index (χ4n) is 1.40. The Labute approximate surface area is 103 Å². The normalized spacial score (nSPS) is 10.6. The van der Waals surface area contributed by atoms with E-state index in [2.05, 4.69) is 38.9 Å². The molecule has 0 bridgehead atoms. The average Bonchev–Trinajstić information content (AvgIpc) is 2.89. The quantitative estimate of drug-likeness (QED) is 0.824. The van der Waals surface area contributed by atoms with Gasteiger partial charge in [-0.25, -0.2) is 4.98 Å². The van der Waals surface area contributed by atoms with E-state index in [1.807, 2.05) is 5.38 Å². The van der Waals surface area contributed by atoms with Gasteiger partial charge in [-0.3, -0.25) is 10.2 Å². The fraction of sp³-hybridized carbons (Fsp3) is 0.444. The number of rotatable bonds is 4. The zero-order chi connectivity index (χ0) is 11.5. The van der Waals surface area contributed by atoms with Crippen LogP contribution in [0.15, 0.2) is 5.38 Å². The molecule has 86 valence electrons. The molecule has 2 heterocycles. The number of hydrogen-bond donors (Lipinski definition) is 2. The maximum Gasteiger partial charge on any atom is 0.213 e. The predicted octanol–water partition coefficient (Wildman–Crippen LogP) is 2.44. The highest BCUT2D eigenvalue weighted by atomic mass is 32.1. The van der Waals surface area contributed by atoms with Crippen molar-refractivity contribution in [3.63, 3.8) is 0 Å². The first-order chi connectivity index (χ1) is 7.74. The second-order valence-electron chi connectivity index (χ2n) is 3.20. The van der Waals surface area contributed by atoms with Crippen LogP contribution in [0, 0.1) is 4.77 Å². The molecular formula is C9H13N5S2. The molecule has 2 aromatic rings. The Morgan fingerprint density at radius 2 is 2.06 bits per heavy atom. The molecule has 0 aliphatic rings. The van der Waals surface area contributed by atoms with Gasteiger partial charge in [0.1, 0.15) is 5.69 Å². The highest BCUT2D eigenvalue weighted by molar-refractivity contribution is 7.71. The van der Waals surface area contributed by atoms with Gasteiger partial charge in [0.25, 0.3) is 0 Å². The monoisotopic (exact) mass is 255 g/mol. The molecule has 0 amide bonds. The molecule has 0 aliphatic carbocycles. The zero-order valence-corrected chi connectivity index (χ0v) is 10.8. The van der Waals surface area contributed by atoms with Crippen molar-refractivity contribution < 1.29 is 0 Å². The van der Waals surface area contributed by atoms with E-state index in [0.717, 1.165) is 23.9 Å². The van der Waals surface area contributed by atoms with E-state index in [0.29, 0.717) is 10.6 Å². The minimum Gasteiger partial charge on any atom is -0.349 e. The SMILES string of the molecule is CCN(CC)c1nc(-c2nc(=S)[nH][nH]2)cs1. The molecule has 0 spiro atoms. The van der Waals surface area contributed by atoms with Crippen molar-refractivity contribution in [1.82, 2.24) is 20.2 Å². The standard InChI is InChI=1S/C9H13N5S2/c1-3-14(4-2)9-10-6(5-16-9)7-11-8(15)13-12-7/h5H,3-4H2,1-2H3,(H2,11,12,13,15). The Hall–Kier alpha value is -1.21. The van der Waals surface area contributed by atoms with Gasteiger partial charge in [0.05, 0.1) is 0 Å². The molecule has 2 rings (SSSR count). The van der Waals surface area contributed by atoms with Crippen LogP contribution < -0.4 is 4.90 Å². The molecule has 0 atom stereocenters. The first-order valence-electron chi connectivity index (χ1n) is 5.10. The molecule has 0 aromatic carbocycles. The lowest BCUT2D eigenvalue weighted by molar-refractivity contribution is 0.860. The lowest BCUT2D eigenvalue weighted by Crippen LogP contribution is -2.21. The number of hydrogen-bond acceptors (Lipinski definition) is 5. The van der Waals surface area contributed by atoms with Crippen LogP contribution in [0.25, 0.3) is 11.5 Å². The van der Waals surface area contributed by atoms with Crippen LogP contribution in [-0.2, 0) is 0 Å². The minimum absolute atomic E-state index is 0.451. The third-order valence-corrected chi connectivity index (χ3v) is 3.36. The fourth-order valence-corrected chi connectivity index (χ4v) is 2.49. The second-order valence-corrected chi connectivity index (χ2v) is 4.43. The van der Waals surface area contributed by atoms with Crippen molar-refractivity contribution in [2.45, 2.75) is 13.8 Å². The number of anilines is 1. The summed E-state index contributed by atoms with van der Waals surface area (Å²) in [6, 6.07) is 0. The summed E-state index contributed by atoms with van der Waals surface area (Å²) in [6.07, 6.45) is 0. The van der Waals surface area contributed by atoms with Gasteiger partial charge in [-0.2, -0.15) is 4.98 Å². The van der Waals surface area contributed by atoms with E-state index >= 15 is 0 Å². The van der Waals surface area contributed by atoms with Gasteiger partial charge in [0.15, 0.2) is 11.0 Å². The molecule has 16 heavy (non-hydrogen) atoms. The molecular weight excluding hydrogens is 242 g/mol. The summed E-state index contributed by atoms with van der Waals surface area (Å²) in [5.74, 6) is 0.694. The Morgan fingerprint density at radius 3 is 2.62 bits per heavy atom. The average molecular weight is 255 g/mol. The van der Waals surface area contributed by atoms with Crippen LogP contribution in [0.1, 0.15) is 13.8 Å². The largest absolute Gasteiger partial charge is 0.349 e. The lowest BCUT2D eigenvalue weighted by Gasteiger charge is -2.16. The predicted molar refractivity (Wildman–Crippen MR) is 68.4 cm³/mol. The van der Waals surface area contributed by atoms with Crippen LogP contribution in [0.2, 0.25) is 0 Å². The van der Waals surface area contributed by atoms with Crippen molar-refractivity contribution in [3.05, 3.63) is 10.2 Å². The van der Waals surface area contributed by atoms with Crippen molar-refractivity contribution in [2.24, 2.45) is 0 Å². The third kappa shape index (κ3) is 2.14. The maximum atomic E-state index is 4.90. The van der Waals surface area contributed by atoms with E-state index in [1.54, 1.807) is 11.3 Å². The van der Waals surface area contributed by atoms with Gasteiger partial charge in [0.2, 0.25) is 4.77 Å². The summed E-state index contributed by atoms with van der Waals surface area (Å²) in [4.78, 5) is 10.9. The zero-order valence-electron chi connectivity index (χ0n) is 9.15. The Bertz CT molecular complexity index is 508. The summed E-state index contributed by atoms with van der Waals surface area (Å²) in [5.41, 5.74) is 0.833. The molecule has 0 fully saturated rings. The molecule has 0 unspecified atom stereocenters. The van der Waals surface area contributed by atoms with Crippen molar-refractivity contribution >= 4 is 28.7 Å². The van der Waals surface area contributed by atoms with Gasteiger partial charge in [-0.15, -0.1) is 11.3 Å². The Balaban J connectivity index is 2.28. The Kier molecular flexibility index (Phi) is 3.35. The number of H-pyrrole nitrogens is 2. The molecule has 7 heteroatoms. The van der Waals surface area contributed by atoms with Crippen molar-refractivity contribution in [1.29, 1.82) is 0 Å². The van der Waals surface area contributed by atoms with Crippen LogP contribution in [0.5, 0.6) is 0 Å². The number of nitrogens with one attached hydrogen (secondary N) is 2. The van der Waals surface area contributed by atoms with Gasteiger partial charge in [0, 0.05) is 18.5 Å². The number of aromatic amines is 2. The van der Waals surface area contributed by atoms with E-state index < -0.39 is 0 Å². The van der Waals surface area contributed by atoms with Gasteiger partial charge in [-0.1, -0.05) is 0 Å². The maximum absolute atomic E-state index is 4.90. The second kappa shape index (κ2) is 4.75. The van der Waals surface area contributed by atoms with Gasteiger partial charge >= 0.3 is 0 Å². The van der Waals surface area contributed by atoms with Crippen LogP contribution >= 0.6 is 23.6 Å². The van der Waals surface area contributed by atoms with Crippen molar-refractivity contribution in [3.8, 4) is 11.5 Å². The molecule has 0 aliphatic heterocycles. The molecule has 5 nitrogen and oxygen atoms in total. The van der Waals surface area contributed by atoms with Crippen molar-refractivity contribution in [2.75, 3.05) is 18.0 Å². The van der Waals surface area contributed by atoms with Gasteiger partial charge in [-0.05, 0) is 26.1 Å². The lowest BCUT2D eigenvalue weighted by atomic mass is 10.5. The highest BCUT2D eigenvalue weighted by Crippen LogP contribution is 2.24. The van der Waals surface area contributed by atoms with E-state index in [1.165, 1.54) is 0 Å². The first kappa shape index (κ1) is 11.3.